The van der Waals surface area contributed by atoms with Crippen molar-refractivity contribution in [1.29, 1.82) is 0 Å². The molecule has 104 valence electrons. The van der Waals surface area contributed by atoms with Gasteiger partial charge in [0, 0.05) is 13.0 Å². The fourth-order valence-corrected chi connectivity index (χ4v) is 1.54. The highest BCUT2D eigenvalue weighted by molar-refractivity contribution is 7.89. The summed E-state index contributed by atoms with van der Waals surface area (Å²) < 4.78 is 5.03. The Hall–Kier alpha value is -0.750. The molecule has 0 bridgehead atoms. The van der Waals surface area contributed by atoms with Crippen LogP contribution in [0.3, 0.4) is 0 Å². The van der Waals surface area contributed by atoms with Crippen molar-refractivity contribution in [3.63, 3.8) is 0 Å². The summed E-state index contributed by atoms with van der Waals surface area (Å²) in [6.07, 6.45) is 6.11. The summed E-state index contributed by atoms with van der Waals surface area (Å²) in [4.78, 5) is 11.8. The van der Waals surface area contributed by atoms with E-state index in [1.54, 1.807) is 0 Å². The summed E-state index contributed by atoms with van der Waals surface area (Å²) >= 11 is 9.53. The lowest BCUT2D eigenvalue weighted by molar-refractivity contribution is -0.143. The van der Waals surface area contributed by atoms with Gasteiger partial charge in [-0.05, 0) is 6.42 Å². The molecule has 0 fully saturated rings. The molecule has 0 aliphatic carbocycles. The highest BCUT2D eigenvalue weighted by Crippen LogP contribution is 2.05. The van der Waals surface area contributed by atoms with E-state index in [1.807, 2.05) is 0 Å². The Kier molecular flexibility index (Phi) is 10.9. The van der Waals surface area contributed by atoms with E-state index >= 15 is 0 Å². The van der Waals surface area contributed by atoms with Crippen LogP contribution in [0, 0.1) is 0 Å². The largest absolute Gasteiger partial charge is 0.464 e. The maximum absolute atomic E-state index is 11.3. The summed E-state index contributed by atoms with van der Waals surface area (Å²) in [6.45, 7) is 2.90. The first kappa shape index (κ1) is 17.2. The van der Waals surface area contributed by atoms with Crippen LogP contribution in [0.4, 0.5) is 0 Å². The van der Waals surface area contributed by atoms with Crippen LogP contribution in [0.15, 0.2) is 0 Å². The van der Waals surface area contributed by atoms with Gasteiger partial charge >= 0.3 is 5.97 Å². The summed E-state index contributed by atoms with van der Waals surface area (Å²) in [7, 11) is 0. The second-order valence-electron chi connectivity index (χ2n) is 4.00. The van der Waals surface area contributed by atoms with Crippen LogP contribution in [0.1, 0.15) is 45.4 Å². The highest BCUT2D eigenvalue weighted by Gasteiger charge is 2.03. The number of carbonyl (C=O) groups excluding carboxylic acids is 1. The third-order valence-electron chi connectivity index (χ3n) is 2.36. The Morgan fingerprint density at radius 1 is 1.22 bits per heavy atom. The van der Waals surface area contributed by atoms with Crippen LogP contribution < -0.4 is 11.1 Å². The highest BCUT2D eigenvalue weighted by atomic mass is 32.1. The number of unbranched alkanes of at least 4 members (excludes halogenated alkanes) is 4. The molecular formula is C12H22N2O2S2. The van der Waals surface area contributed by atoms with E-state index in [9.17, 15) is 4.79 Å². The maximum Gasteiger partial charge on any atom is 0.305 e. The lowest BCUT2D eigenvalue weighted by Crippen LogP contribution is -2.35. The summed E-state index contributed by atoms with van der Waals surface area (Å²) in [5.74, 6) is -0.158. The third-order valence-corrected chi connectivity index (χ3v) is 3.06. The molecule has 0 atom stereocenters. The number of ether oxygens (including phenoxy) is 1. The predicted molar refractivity (Wildman–Crippen MR) is 81.7 cm³/mol. The fourth-order valence-electron chi connectivity index (χ4n) is 1.36. The lowest BCUT2D eigenvalue weighted by atomic mass is 10.1. The summed E-state index contributed by atoms with van der Waals surface area (Å²) in [5.41, 5.74) is 5.30. The van der Waals surface area contributed by atoms with Gasteiger partial charge in [0.05, 0.1) is 0 Å². The van der Waals surface area contributed by atoms with Gasteiger partial charge < -0.3 is 15.8 Å². The number of nitrogens with one attached hydrogen (secondary N) is 1. The number of carbonyl (C=O) groups is 1. The van der Waals surface area contributed by atoms with Gasteiger partial charge in [0.15, 0.2) is 0 Å². The van der Waals surface area contributed by atoms with E-state index in [0.717, 1.165) is 12.8 Å². The van der Waals surface area contributed by atoms with Gasteiger partial charge in [-0.25, -0.2) is 0 Å². The zero-order valence-electron chi connectivity index (χ0n) is 10.9. The average Bonchev–Trinajstić information content (AvgIpc) is 2.34. The minimum Gasteiger partial charge on any atom is -0.464 e. The van der Waals surface area contributed by atoms with Gasteiger partial charge in [0.25, 0.3) is 0 Å². The van der Waals surface area contributed by atoms with E-state index in [-0.39, 0.29) is 17.6 Å². The van der Waals surface area contributed by atoms with E-state index in [0.29, 0.717) is 18.0 Å². The smallest absolute Gasteiger partial charge is 0.305 e. The van der Waals surface area contributed by atoms with E-state index in [2.05, 4.69) is 24.5 Å². The first-order valence-corrected chi connectivity index (χ1v) is 7.12. The first-order chi connectivity index (χ1) is 8.57. The fraction of sp³-hybridized carbons (Fsp3) is 0.750. The monoisotopic (exact) mass is 290 g/mol. The van der Waals surface area contributed by atoms with Crippen molar-refractivity contribution in [2.24, 2.45) is 5.73 Å². The number of hydrogen-bond donors (Lipinski definition) is 2. The van der Waals surface area contributed by atoms with Gasteiger partial charge in [-0.1, -0.05) is 57.0 Å². The Morgan fingerprint density at radius 2 is 1.89 bits per heavy atom. The van der Waals surface area contributed by atoms with Gasteiger partial charge in [-0.3, -0.25) is 4.79 Å². The minimum atomic E-state index is -0.158. The molecule has 3 N–H and O–H groups in total. The molecule has 0 spiro atoms. The molecule has 4 nitrogen and oxygen atoms in total. The maximum atomic E-state index is 11.3. The Balaban J connectivity index is 3.37. The molecule has 0 radical (unpaired) electrons. The van der Waals surface area contributed by atoms with Crippen molar-refractivity contribution in [2.75, 3.05) is 13.2 Å². The van der Waals surface area contributed by atoms with Crippen LogP contribution in [0.5, 0.6) is 0 Å². The zero-order chi connectivity index (χ0) is 13.8. The molecule has 0 aliphatic heterocycles. The number of esters is 1. The molecule has 0 saturated heterocycles. The van der Waals surface area contributed by atoms with Crippen LogP contribution in [-0.4, -0.2) is 29.1 Å². The zero-order valence-corrected chi connectivity index (χ0v) is 12.5. The molecular weight excluding hydrogens is 268 g/mol. The Morgan fingerprint density at radius 3 is 2.50 bits per heavy atom. The van der Waals surface area contributed by atoms with Crippen molar-refractivity contribution in [1.82, 2.24) is 5.32 Å². The second-order valence-corrected chi connectivity index (χ2v) is 4.85. The second kappa shape index (κ2) is 11.3. The molecule has 0 saturated carbocycles. The third kappa shape index (κ3) is 10.4. The molecule has 0 rings (SSSR count). The summed E-state index contributed by atoms with van der Waals surface area (Å²) in [6, 6.07) is 0. The lowest BCUT2D eigenvalue weighted by Gasteiger charge is -2.07. The predicted octanol–water partition coefficient (Wildman–Crippen LogP) is 2.09. The number of hydrogen-bond acceptors (Lipinski definition) is 4. The van der Waals surface area contributed by atoms with Gasteiger partial charge in [0.1, 0.15) is 16.6 Å². The molecule has 0 aromatic heterocycles. The minimum absolute atomic E-state index is 0.158. The SMILES string of the molecule is CCCCCCCC(=O)OCCNC(=S)C(N)=S. The number of nitrogens with two attached hydrogens (primary N) is 1. The topological polar surface area (TPSA) is 64.3 Å². The molecule has 18 heavy (non-hydrogen) atoms. The number of rotatable bonds is 9. The van der Waals surface area contributed by atoms with Crippen molar-refractivity contribution in [3.05, 3.63) is 0 Å². The first-order valence-electron chi connectivity index (χ1n) is 6.31. The van der Waals surface area contributed by atoms with Crippen LogP contribution in [-0.2, 0) is 9.53 Å². The van der Waals surface area contributed by atoms with Gasteiger partial charge in [-0.15, -0.1) is 0 Å². The molecule has 0 heterocycles. The molecule has 0 aromatic carbocycles. The molecule has 6 heteroatoms. The Bertz CT molecular complexity index is 283. The van der Waals surface area contributed by atoms with Crippen LogP contribution >= 0.6 is 24.4 Å². The quantitative estimate of drug-likeness (QED) is 0.385. The number of thiocarbonyl (C=S) groups is 2. The van der Waals surface area contributed by atoms with E-state index < -0.39 is 0 Å². The standard InChI is InChI=1S/C12H22N2O2S2/c1-2-3-4-5-6-7-10(15)16-9-8-14-12(18)11(13)17/h2-9H2,1H3,(H2,13,17)(H,14,18). The van der Waals surface area contributed by atoms with E-state index in [1.165, 1.54) is 19.3 Å². The van der Waals surface area contributed by atoms with Gasteiger partial charge in [-0.2, -0.15) is 0 Å². The molecule has 0 aliphatic rings. The van der Waals surface area contributed by atoms with Gasteiger partial charge in [0.2, 0.25) is 0 Å². The van der Waals surface area contributed by atoms with Crippen molar-refractivity contribution in [3.8, 4) is 0 Å². The average molecular weight is 290 g/mol. The molecule has 0 unspecified atom stereocenters. The van der Waals surface area contributed by atoms with E-state index in [4.69, 9.17) is 22.7 Å². The van der Waals surface area contributed by atoms with Crippen LogP contribution in [0.2, 0.25) is 0 Å². The summed E-state index contributed by atoms with van der Waals surface area (Å²) in [5, 5.41) is 2.81. The molecule has 0 amide bonds. The van der Waals surface area contributed by atoms with Crippen molar-refractivity contribution < 1.29 is 9.53 Å². The molecule has 0 aromatic rings. The van der Waals surface area contributed by atoms with Crippen molar-refractivity contribution >= 4 is 40.4 Å². The normalized spacial score (nSPS) is 9.83. The van der Waals surface area contributed by atoms with Crippen molar-refractivity contribution in [2.45, 2.75) is 45.4 Å². The van der Waals surface area contributed by atoms with Crippen LogP contribution in [0.25, 0.3) is 0 Å². The Labute approximate surface area is 120 Å².